The third-order valence-corrected chi connectivity index (χ3v) is 6.22. The second-order valence-electron chi connectivity index (χ2n) is 6.11. The smallest absolute Gasteiger partial charge is 0.323 e. The molecule has 2 aromatic carbocycles. The molecule has 0 spiro atoms. The zero-order valence-electron chi connectivity index (χ0n) is 16.8. The highest BCUT2D eigenvalue weighted by Gasteiger charge is 2.24. The fourth-order valence-corrected chi connectivity index (χ4v) is 4.19. The van der Waals surface area contributed by atoms with Crippen LogP contribution >= 0.6 is 24.0 Å². The van der Waals surface area contributed by atoms with Crippen LogP contribution in [0.15, 0.2) is 36.4 Å². The second kappa shape index (κ2) is 9.27. The van der Waals surface area contributed by atoms with Crippen molar-refractivity contribution < 1.29 is 28.8 Å². The zero-order chi connectivity index (χ0) is 21.8. The quantitative estimate of drug-likeness (QED) is 0.489. The first-order valence-electron chi connectivity index (χ1n) is 8.79. The summed E-state index contributed by atoms with van der Waals surface area (Å²) in [6.45, 7) is 0. The molecule has 1 unspecified atom stereocenters. The standard InChI is InChI=1S/C21H21NO6S2/c1-25-13-7-5-11(9-15(13)27-3)17-19(30-20(22-17)18(29)21(23)24)12-6-8-14(26-2)16(10-12)28-4/h5-10,18,29H,1-4H3,(H,23,24). The van der Waals surface area contributed by atoms with Gasteiger partial charge in [-0.1, -0.05) is 0 Å². The van der Waals surface area contributed by atoms with Gasteiger partial charge in [0.25, 0.3) is 0 Å². The lowest BCUT2D eigenvalue weighted by atomic mass is 10.1. The number of thiol groups is 1. The number of methoxy groups -OCH3 is 4. The van der Waals surface area contributed by atoms with Gasteiger partial charge in [-0.3, -0.25) is 4.79 Å². The van der Waals surface area contributed by atoms with Gasteiger partial charge in [-0.2, -0.15) is 12.6 Å². The summed E-state index contributed by atoms with van der Waals surface area (Å²) in [4.78, 5) is 16.9. The van der Waals surface area contributed by atoms with Crippen molar-refractivity contribution in [3.8, 4) is 44.7 Å². The maximum Gasteiger partial charge on any atom is 0.323 e. The third-order valence-electron chi connectivity index (χ3n) is 4.41. The van der Waals surface area contributed by atoms with Crippen LogP contribution in [0.5, 0.6) is 23.0 Å². The van der Waals surface area contributed by atoms with Gasteiger partial charge in [0.15, 0.2) is 28.2 Å². The van der Waals surface area contributed by atoms with E-state index in [1.165, 1.54) is 11.3 Å². The topological polar surface area (TPSA) is 87.1 Å². The van der Waals surface area contributed by atoms with E-state index in [9.17, 15) is 9.90 Å². The van der Waals surface area contributed by atoms with Crippen LogP contribution in [0, 0.1) is 0 Å². The molecule has 1 N–H and O–H groups in total. The SMILES string of the molecule is COc1ccc(-c2nc(C(S)C(=O)O)sc2-c2ccc(OC)c(OC)c2)cc1OC. The van der Waals surface area contributed by atoms with Gasteiger partial charge in [0.1, 0.15) is 5.01 Å². The predicted octanol–water partition coefficient (Wildman–Crippen LogP) is 4.57. The Kier molecular flexibility index (Phi) is 6.73. The molecule has 3 aromatic rings. The normalized spacial score (nSPS) is 11.6. The van der Waals surface area contributed by atoms with Crippen LogP contribution < -0.4 is 18.9 Å². The van der Waals surface area contributed by atoms with Crippen molar-refractivity contribution in [3.63, 3.8) is 0 Å². The largest absolute Gasteiger partial charge is 0.493 e. The molecule has 0 radical (unpaired) electrons. The Morgan fingerprint density at radius 2 is 1.40 bits per heavy atom. The molecular formula is C21H21NO6S2. The average molecular weight is 448 g/mol. The van der Waals surface area contributed by atoms with E-state index in [-0.39, 0.29) is 0 Å². The number of aromatic nitrogens is 1. The monoisotopic (exact) mass is 447 g/mol. The number of rotatable bonds is 8. The first-order valence-corrected chi connectivity index (χ1v) is 10.1. The van der Waals surface area contributed by atoms with Gasteiger partial charge in [0.05, 0.1) is 39.0 Å². The molecule has 9 heteroatoms. The molecule has 158 valence electrons. The Morgan fingerprint density at radius 3 is 1.90 bits per heavy atom. The van der Waals surface area contributed by atoms with Gasteiger partial charge < -0.3 is 24.1 Å². The molecule has 0 saturated carbocycles. The van der Waals surface area contributed by atoms with Crippen LogP contribution in [0.2, 0.25) is 0 Å². The van der Waals surface area contributed by atoms with E-state index in [4.69, 9.17) is 18.9 Å². The van der Waals surface area contributed by atoms with Gasteiger partial charge in [-0.15, -0.1) is 11.3 Å². The Bertz CT molecular complexity index is 993. The van der Waals surface area contributed by atoms with Crippen LogP contribution in [0.1, 0.15) is 10.3 Å². The number of hydrogen-bond donors (Lipinski definition) is 2. The van der Waals surface area contributed by atoms with Crippen molar-refractivity contribution in [2.75, 3.05) is 28.4 Å². The Labute approximate surface area is 183 Å². The average Bonchev–Trinajstić information content (AvgIpc) is 3.22. The van der Waals surface area contributed by atoms with Gasteiger partial charge in [-0.25, -0.2) is 4.98 Å². The summed E-state index contributed by atoms with van der Waals surface area (Å²) in [6.07, 6.45) is 0. The molecular weight excluding hydrogens is 426 g/mol. The molecule has 30 heavy (non-hydrogen) atoms. The molecule has 0 amide bonds. The van der Waals surface area contributed by atoms with Crippen molar-refractivity contribution in [1.29, 1.82) is 0 Å². The molecule has 1 aromatic heterocycles. The lowest BCUT2D eigenvalue weighted by Gasteiger charge is -2.11. The van der Waals surface area contributed by atoms with E-state index in [0.29, 0.717) is 33.7 Å². The first kappa shape index (κ1) is 21.8. The Hall–Kier alpha value is -2.91. The molecule has 1 heterocycles. The predicted molar refractivity (Wildman–Crippen MR) is 119 cm³/mol. The number of nitrogens with zero attached hydrogens (tertiary/aromatic N) is 1. The molecule has 3 rings (SSSR count). The summed E-state index contributed by atoms with van der Waals surface area (Å²) in [7, 11) is 6.24. The summed E-state index contributed by atoms with van der Waals surface area (Å²) < 4.78 is 21.4. The lowest BCUT2D eigenvalue weighted by molar-refractivity contribution is -0.136. The van der Waals surface area contributed by atoms with Crippen LogP contribution in [0.4, 0.5) is 0 Å². The zero-order valence-corrected chi connectivity index (χ0v) is 18.5. The number of carboxylic acids is 1. The van der Waals surface area contributed by atoms with E-state index >= 15 is 0 Å². The van der Waals surface area contributed by atoms with Crippen LogP contribution in [-0.4, -0.2) is 44.5 Å². The molecule has 1 atom stereocenters. The number of hydrogen-bond acceptors (Lipinski definition) is 8. The number of carbonyl (C=O) groups is 1. The van der Waals surface area contributed by atoms with Gasteiger partial charge in [0.2, 0.25) is 0 Å². The minimum atomic E-state index is -1.06. The van der Waals surface area contributed by atoms with Crippen molar-refractivity contribution in [3.05, 3.63) is 41.4 Å². The van der Waals surface area contributed by atoms with E-state index in [2.05, 4.69) is 17.6 Å². The highest BCUT2D eigenvalue weighted by atomic mass is 32.1. The first-order chi connectivity index (χ1) is 14.4. The molecule has 0 saturated heterocycles. The molecule has 7 nitrogen and oxygen atoms in total. The summed E-state index contributed by atoms with van der Waals surface area (Å²) in [6, 6.07) is 10.9. The Balaban J connectivity index is 2.21. The molecule has 0 aliphatic rings. The number of carboxylic acid groups (broad SMARTS) is 1. The van der Waals surface area contributed by atoms with E-state index in [0.717, 1.165) is 16.0 Å². The third kappa shape index (κ3) is 4.17. The van der Waals surface area contributed by atoms with Gasteiger partial charge >= 0.3 is 5.97 Å². The fourth-order valence-electron chi connectivity index (χ4n) is 2.91. The van der Waals surface area contributed by atoms with Crippen molar-refractivity contribution >= 4 is 29.9 Å². The van der Waals surface area contributed by atoms with Crippen molar-refractivity contribution in [2.24, 2.45) is 0 Å². The fraction of sp³-hybridized carbons (Fsp3) is 0.238. The minimum absolute atomic E-state index is 0.375. The summed E-state index contributed by atoms with van der Waals surface area (Å²) >= 11 is 5.46. The van der Waals surface area contributed by atoms with Crippen LogP contribution in [0.3, 0.4) is 0 Å². The van der Waals surface area contributed by atoms with Crippen LogP contribution in [0.25, 0.3) is 21.7 Å². The number of ether oxygens (including phenoxy) is 4. The number of thiazole rings is 1. The van der Waals surface area contributed by atoms with Crippen LogP contribution in [-0.2, 0) is 4.79 Å². The molecule has 0 aliphatic carbocycles. The highest BCUT2D eigenvalue weighted by Crippen LogP contribution is 2.44. The second-order valence-corrected chi connectivity index (χ2v) is 7.66. The summed E-state index contributed by atoms with van der Waals surface area (Å²) in [5.41, 5.74) is 2.18. The van der Waals surface area contributed by atoms with Gasteiger partial charge in [-0.05, 0) is 42.0 Å². The summed E-state index contributed by atoms with van der Waals surface area (Å²) in [5.74, 6) is 1.22. The molecule has 0 aliphatic heterocycles. The minimum Gasteiger partial charge on any atom is -0.493 e. The van der Waals surface area contributed by atoms with Gasteiger partial charge in [0, 0.05) is 5.56 Å². The van der Waals surface area contributed by atoms with Crippen molar-refractivity contribution in [2.45, 2.75) is 5.25 Å². The highest BCUT2D eigenvalue weighted by molar-refractivity contribution is 7.81. The maximum absolute atomic E-state index is 11.5. The number of aliphatic carboxylic acids is 1. The van der Waals surface area contributed by atoms with E-state index in [1.807, 2.05) is 18.2 Å². The Morgan fingerprint density at radius 1 is 0.900 bits per heavy atom. The molecule has 0 bridgehead atoms. The van der Waals surface area contributed by atoms with E-state index < -0.39 is 11.2 Å². The summed E-state index contributed by atoms with van der Waals surface area (Å²) in [5, 5.41) is 8.73. The number of benzene rings is 2. The van der Waals surface area contributed by atoms with Crippen molar-refractivity contribution in [1.82, 2.24) is 4.98 Å². The lowest BCUT2D eigenvalue weighted by Crippen LogP contribution is -2.04. The maximum atomic E-state index is 11.5. The molecule has 0 fully saturated rings. The van der Waals surface area contributed by atoms with E-state index in [1.54, 1.807) is 46.6 Å².